The third-order valence-electron chi connectivity index (χ3n) is 9.31. The second kappa shape index (κ2) is 21.5. The highest BCUT2D eigenvalue weighted by Crippen LogP contribution is 2.42. The molecule has 2 aliphatic heterocycles. The highest BCUT2D eigenvalue weighted by atomic mass is 19.3. The maximum atomic E-state index is 14.6. The van der Waals surface area contributed by atoms with E-state index >= 15 is 0 Å². The number of aromatic nitrogens is 2. The second-order valence-corrected chi connectivity index (χ2v) is 14.4. The average molecular weight is 846 g/mol. The summed E-state index contributed by atoms with van der Waals surface area (Å²) in [5, 5.41) is 10.5. The van der Waals surface area contributed by atoms with Gasteiger partial charge in [-0.3, -0.25) is 33.4 Å². The largest absolute Gasteiger partial charge is 0.508 e. The summed E-state index contributed by atoms with van der Waals surface area (Å²) in [6.45, 7) is 2.95. The normalized spacial score (nSPS) is 17.9. The van der Waals surface area contributed by atoms with Crippen LogP contribution in [0, 0.1) is 5.92 Å². The van der Waals surface area contributed by atoms with Gasteiger partial charge in [0.25, 0.3) is 17.7 Å². The van der Waals surface area contributed by atoms with Gasteiger partial charge in [0.2, 0.25) is 23.9 Å². The molecule has 1 aromatic carbocycles. The van der Waals surface area contributed by atoms with Crippen LogP contribution in [0.4, 0.5) is 29.9 Å². The van der Waals surface area contributed by atoms with Gasteiger partial charge in [-0.05, 0) is 55.4 Å². The minimum atomic E-state index is -3.47. The fourth-order valence-corrected chi connectivity index (χ4v) is 6.18. The number of urea groups is 1. The standard InChI is InChI=1S/C38H49F2N9O11/c1-22(2)31(47-28(50)8-4-3-5-17-48-29(51)13-14-30(48)52)33(54)45-26(7-6-16-43-35(42)55)32(53)44-24-11-9-23(10-12-24)20-58-37(57)59-21-25-19-38(39,40)34(60-25)49-18-15-27(41)46-36(49)56/h9-15,18,22,25-26,31,34H,3-8,16-17,19-21H2,1-2H3,(H,44,53)(H,45,54)(H,47,50)(H2,41,46,56)(H3,42,43,55)/t25-,26-,31-,34+/m0/s1. The number of benzene rings is 1. The number of alkyl halides is 2. The molecule has 8 N–H and O–H groups in total. The number of nitrogens with zero attached hydrogens (tertiary/aromatic N) is 3. The first-order chi connectivity index (χ1) is 28.4. The lowest BCUT2D eigenvalue weighted by Gasteiger charge is -2.25. The molecule has 4 atom stereocenters. The van der Waals surface area contributed by atoms with E-state index in [1.807, 2.05) is 0 Å². The summed E-state index contributed by atoms with van der Waals surface area (Å²) in [6.07, 6.45) is 0.170. The lowest BCUT2D eigenvalue weighted by molar-refractivity contribution is -0.137. The number of primary amides is 1. The number of halogens is 2. The average Bonchev–Trinajstić information content (AvgIpc) is 3.67. The molecule has 4 rings (SSSR count). The fourth-order valence-electron chi connectivity index (χ4n) is 6.18. The van der Waals surface area contributed by atoms with Gasteiger partial charge in [0, 0.05) is 50.0 Å². The quantitative estimate of drug-likeness (QED) is 0.0592. The van der Waals surface area contributed by atoms with Crippen LogP contribution in [0.25, 0.3) is 0 Å². The summed E-state index contributed by atoms with van der Waals surface area (Å²) in [5.74, 6) is -6.33. The highest BCUT2D eigenvalue weighted by Gasteiger charge is 2.52. The monoisotopic (exact) mass is 845 g/mol. The van der Waals surface area contributed by atoms with Crippen LogP contribution in [-0.2, 0) is 44.8 Å². The van der Waals surface area contributed by atoms with Crippen molar-refractivity contribution in [2.45, 2.75) is 95.7 Å². The first-order valence-electron chi connectivity index (χ1n) is 19.2. The van der Waals surface area contributed by atoms with Crippen LogP contribution in [0.15, 0.2) is 53.5 Å². The Kier molecular flexibility index (Phi) is 16.6. The Hall–Kier alpha value is -6.45. The Bertz CT molecular complexity index is 1960. The number of amides is 7. The minimum absolute atomic E-state index is 0.0868. The zero-order chi connectivity index (χ0) is 44.0. The van der Waals surface area contributed by atoms with E-state index in [4.69, 9.17) is 25.7 Å². The molecule has 1 saturated heterocycles. The number of carbonyl (C=O) groups is 7. The van der Waals surface area contributed by atoms with Crippen molar-refractivity contribution >= 4 is 53.2 Å². The maximum absolute atomic E-state index is 14.6. The van der Waals surface area contributed by atoms with Crippen molar-refractivity contribution in [3.8, 4) is 0 Å². The molecule has 60 heavy (non-hydrogen) atoms. The second-order valence-electron chi connectivity index (χ2n) is 14.4. The van der Waals surface area contributed by atoms with Crippen molar-refractivity contribution in [2.75, 3.05) is 30.7 Å². The Balaban J connectivity index is 1.24. The SMILES string of the molecule is CC(C)[C@H](NC(=O)CCCCCN1C(=O)C=CC1=O)C(=O)N[C@@H](CCCNC(N)=O)C(=O)Nc1ccc(COC(=O)OC[C@@H]2CC(F)(F)[C@H](n3ccc(N)nc3=O)O2)cc1. The molecule has 22 heteroatoms. The van der Waals surface area contributed by atoms with Gasteiger partial charge >= 0.3 is 17.9 Å². The van der Waals surface area contributed by atoms with Crippen molar-refractivity contribution in [1.82, 2.24) is 30.4 Å². The molecule has 20 nitrogen and oxygen atoms in total. The number of rotatable bonds is 21. The molecule has 1 aromatic heterocycles. The van der Waals surface area contributed by atoms with Crippen LogP contribution < -0.4 is 38.4 Å². The van der Waals surface area contributed by atoms with Gasteiger partial charge in [-0.15, -0.1) is 0 Å². The van der Waals surface area contributed by atoms with E-state index in [1.54, 1.807) is 13.8 Å². The number of ether oxygens (including phenoxy) is 3. The summed E-state index contributed by atoms with van der Waals surface area (Å²) < 4.78 is 45.2. The van der Waals surface area contributed by atoms with Crippen LogP contribution in [0.1, 0.15) is 70.6 Å². The van der Waals surface area contributed by atoms with Gasteiger partial charge in [-0.25, -0.2) is 23.2 Å². The van der Waals surface area contributed by atoms with E-state index < -0.39 is 79.0 Å². The third-order valence-corrected chi connectivity index (χ3v) is 9.31. The van der Waals surface area contributed by atoms with Crippen LogP contribution in [0.3, 0.4) is 0 Å². The number of carbonyl (C=O) groups excluding carboxylic acids is 7. The molecule has 0 bridgehead atoms. The summed E-state index contributed by atoms with van der Waals surface area (Å²) in [4.78, 5) is 103. The molecule has 2 aromatic rings. The van der Waals surface area contributed by atoms with E-state index in [0.29, 0.717) is 35.1 Å². The van der Waals surface area contributed by atoms with Gasteiger partial charge in [0.15, 0.2) is 0 Å². The molecule has 3 heterocycles. The van der Waals surface area contributed by atoms with Crippen LogP contribution >= 0.6 is 0 Å². The number of nitrogens with two attached hydrogens (primary N) is 2. The van der Waals surface area contributed by atoms with Gasteiger partial charge < -0.3 is 46.9 Å². The fraction of sp³-hybridized carbons (Fsp3) is 0.500. The Morgan fingerprint density at radius 2 is 1.65 bits per heavy atom. The number of anilines is 2. The van der Waals surface area contributed by atoms with E-state index in [9.17, 15) is 47.1 Å². The molecule has 0 unspecified atom stereocenters. The molecule has 326 valence electrons. The number of unbranched alkanes of at least 4 members (excludes halogenated alkanes) is 2. The summed E-state index contributed by atoms with van der Waals surface area (Å²) in [5.41, 5.74) is 10.3. The molecule has 0 aliphatic carbocycles. The van der Waals surface area contributed by atoms with Gasteiger partial charge in [0.05, 0.1) is 0 Å². The summed E-state index contributed by atoms with van der Waals surface area (Å²) in [6, 6.07) is 4.39. The predicted molar refractivity (Wildman–Crippen MR) is 207 cm³/mol. The number of imide groups is 1. The molecule has 0 saturated carbocycles. The molecule has 7 amide bonds. The molecule has 1 fully saturated rings. The maximum Gasteiger partial charge on any atom is 0.508 e. The number of nitrogens with one attached hydrogen (secondary N) is 4. The molecule has 2 aliphatic rings. The Morgan fingerprint density at radius 3 is 2.30 bits per heavy atom. The van der Waals surface area contributed by atoms with Gasteiger partial charge in [0.1, 0.15) is 37.2 Å². The van der Waals surface area contributed by atoms with Crippen molar-refractivity contribution < 1.29 is 56.6 Å². The van der Waals surface area contributed by atoms with E-state index in [1.165, 1.54) is 42.5 Å². The highest BCUT2D eigenvalue weighted by molar-refractivity contribution is 6.12. The van der Waals surface area contributed by atoms with E-state index in [0.717, 1.165) is 11.1 Å². The zero-order valence-corrected chi connectivity index (χ0v) is 33.0. The first kappa shape index (κ1) is 46.2. The lowest BCUT2D eigenvalue weighted by atomic mass is 10.0. The van der Waals surface area contributed by atoms with Gasteiger partial charge in [-0.2, -0.15) is 4.98 Å². The number of nitrogen functional groups attached to an aromatic ring is 1. The Morgan fingerprint density at radius 1 is 0.950 bits per heavy atom. The summed E-state index contributed by atoms with van der Waals surface area (Å²) >= 11 is 0. The van der Waals surface area contributed by atoms with Crippen LogP contribution in [0.2, 0.25) is 0 Å². The third kappa shape index (κ3) is 13.8. The molecular formula is C38H49F2N9O11. The van der Waals surface area contributed by atoms with Crippen molar-refractivity contribution in [1.29, 1.82) is 0 Å². The first-order valence-corrected chi connectivity index (χ1v) is 19.2. The van der Waals surface area contributed by atoms with Crippen molar-refractivity contribution in [3.05, 3.63) is 64.7 Å². The minimum Gasteiger partial charge on any atom is -0.432 e. The molecule has 0 spiro atoms. The smallest absolute Gasteiger partial charge is 0.432 e. The van der Waals surface area contributed by atoms with Gasteiger partial charge in [-0.1, -0.05) is 32.4 Å². The van der Waals surface area contributed by atoms with Crippen molar-refractivity contribution in [2.24, 2.45) is 11.7 Å². The van der Waals surface area contributed by atoms with Crippen LogP contribution in [0.5, 0.6) is 0 Å². The van der Waals surface area contributed by atoms with Crippen molar-refractivity contribution in [3.63, 3.8) is 0 Å². The number of hydrogen-bond acceptors (Lipinski definition) is 13. The summed E-state index contributed by atoms with van der Waals surface area (Å²) in [7, 11) is 0. The molecular weight excluding hydrogens is 796 g/mol. The zero-order valence-electron chi connectivity index (χ0n) is 33.0. The van der Waals surface area contributed by atoms with Crippen LogP contribution in [-0.4, -0.2) is 100.0 Å². The number of hydrogen-bond donors (Lipinski definition) is 6. The predicted octanol–water partition coefficient (Wildman–Crippen LogP) is 1.60. The topological polar surface area (TPSA) is 285 Å². The lowest BCUT2D eigenvalue weighted by Crippen LogP contribution is -2.54. The Labute approximate surface area is 342 Å². The van der Waals surface area contributed by atoms with E-state index in [-0.39, 0.29) is 62.5 Å². The van der Waals surface area contributed by atoms with E-state index in [2.05, 4.69) is 26.3 Å². The molecule has 0 radical (unpaired) electrons.